The van der Waals surface area contributed by atoms with Gasteiger partial charge in [0.2, 0.25) is 0 Å². The van der Waals surface area contributed by atoms with Gasteiger partial charge in [-0.2, -0.15) is 0 Å². The molecular weight excluding hydrogens is 302 g/mol. The first kappa shape index (κ1) is 12.3. The summed E-state index contributed by atoms with van der Waals surface area (Å²) < 4.78 is 5.99. The molecule has 17 heavy (non-hydrogen) atoms. The number of aromatic nitrogens is 1. The summed E-state index contributed by atoms with van der Waals surface area (Å²) in [5.41, 5.74) is 3.25. The third-order valence-electron chi connectivity index (χ3n) is 2.15. The van der Waals surface area contributed by atoms with Crippen LogP contribution in [0.1, 0.15) is 16.6 Å². The van der Waals surface area contributed by atoms with Gasteiger partial charge in [0.1, 0.15) is 4.88 Å². The molecule has 1 heterocycles. The minimum absolute atomic E-state index is 0.312. The first-order valence-electron chi connectivity index (χ1n) is 5.09. The molecule has 1 aromatic carbocycles. The molecule has 1 aromatic heterocycles. The van der Waals surface area contributed by atoms with Crippen molar-refractivity contribution in [1.29, 1.82) is 0 Å². The third kappa shape index (κ3) is 2.73. The molecule has 0 atom stereocenters. The molecule has 0 aliphatic rings. The average molecular weight is 312 g/mol. The zero-order valence-electron chi connectivity index (χ0n) is 9.14. The second kappa shape index (κ2) is 5.42. The van der Waals surface area contributed by atoms with Crippen LogP contribution in [-0.2, 0) is 4.74 Å². The van der Waals surface area contributed by atoms with E-state index in [4.69, 9.17) is 4.74 Å². The van der Waals surface area contributed by atoms with Crippen LogP contribution < -0.4 is 0 Å². The maximum atomic E-state index is 11.7. The number of rotatable bonds is 3. The van der Waals surface area contributed by atoms with Gasteiger partial charge >= 0.3 is 5.97 Å². The second-order valence-electron chi connectivity index (χ2n) is 3.26. The van der Waals surface area contributed by atoms with E-state index in [1.54, 1.807) is 12.4 Å². The van der Waals surface area contributed by atoms with E-state index < -0.39 is 0 Å². The molecule has 0 saturated heterocycles. The number of nitrogens with zero attached hydrogens (tertiary/aromatic N) is 1. The zero-order valence-corrected chi connectivity index (χ0v) is 11.5. The maximum Gasteiger partial charge on any atom is 0.350 e. The van der Waals surface area contributed by atoms with Gasteiger partial charge in [-0.3, -0.25) is 0 Å². The van der Waals surface area contributed by atoms with Crippen molar-refractivity contribution >= 4 is 33.2 Å². The van der Waals surface area contributed by atoms with E-state index in [-0.39, 0.29) is 5.97 Å². The van der Waals surface area contributed by atoms with Crippen molar-refractivity contribution in [3.8, 4) is 11.3 Å². The number of hydrogen-bond donors (Lipinski definition) is 0. The van der Waals surface area contributed by atoms with E-state index in [0.717, 1.165) is 10.0 Å². The van der Waals surface area contributed by atoms with Gasteiger partial charge in [-0.15, -0.1) is 11.3 Å². The Balaban J connectivity index is 2.36. The van der Waals surface area contributed by atoms with Crippen molar-refractivity contribution < 1.29 is 9.53 Å². The van der Waals surface area contributed by atoms with Crippen LogP contribution in [0.2, 0.25) is 0 Å². The van der Waals surface area contributed by atoms with Crippen molar-refractivity contribution in [2.75, 3.05) is 6.61 Å². The summed E-state index contributed by atoms with van der Waals surface area (Å²) >= 11 is 4.67. The highest BCUT2D eigenvalue weighted by atomic mass is 79.9. The number of ether oxygens (including phenoxy) is 1. The van der Waals surface area contributed by atoms with Crippen molar-refractivity contribution in [2.45, 2.75) is 6.92 Å². The van der Waals surface area contributed by atoms with Gasteiger partial charge in [0.05, 0.1) is 17.8 Å². The third-order valence-corrected chi connectivity index (χ3v) is 3.48. The molecule has 2 rings (SSSR count). The van der Waals surface area contributed by atoms with Crippen LogP contribution in [0.5, 0.6) is 0 Å². The van der Waals surface area contributed by atoms with Crippen LogP contribution in [0.3, 0.4) is 0 Å². The van der Waals surface area contributed by atoms with Crippen LogP contribution in [-0.4, -0.2) is 17.6 Å². The molecule has 0 N–H and O–H groups in total. The molecule has 0 amide bonds. The lowest BCUT2D eigenvalue weighted by molar-refractivity contribution is 0.0532. The van der Waals surface area contributed by atoms with Crippen molar-refractivity contribution in [3.05, 3.63) is 39.1 Å². The monoisotopic (exact) mass is 311 g/mol. The fraction of sp³-hybridized carbons (Fsp3) is 0.167. The van der Waals surface area contributed by atoms with Crippen molar-refractivity contribution in [1.82, 2.24) is 4.98 Å². The van der Waals surface area contributed by atoms with Gasteiger partial charge in [-0.05, 0) is 19.1 Å². The Morgan fingerprint density at radius 3 is 2.76 bits per heavy atom. The minimum atomic E-state index is -0.312. The second-order valence-corrected chi connectivity index (χ2v) is 5.03. The molecule has 0 fully saturated rings. The van der Waals surface area contributed by atoms with Crippen molar-refractivity contribution in [3.63, 3.8) is 0 Å². The number of carbonyl (C=O) groups is 1. The Bertz CT molecular complexity index is 522. The predicted octanol–water partition coefficient (Wildman–Crippen LogP) is 3.75. The molecule has 88 valence electrons. The number of thiazole rings is 1. The molecule has 0 spiro atoms. The van der Waals surface area contributed by atoms with Crippen LogP contribution in [0, 0.1) is 0 Å². The fourth-order valence-electron chi connectivity index (χ4n) is 1.40. The standard InChI is InChI=1S/C12H10BrNO2S/c1-2-16-12(15)11-10(14-7-17-11)8-3-5-9(13)6-4-8/h3-7H,2H2,1H3. The predicted molar refractivity (Wildman–Crippen MR) is 71.2 cm³/mol. The number of benzene rings is 1. The van der Waals surface area contributed by atoms with Crippen LogP contribution in [0.15, 0.2) is 34.2 Å². The van der Waals surface area contributed by atoms with E-state index in [9.17, 15) is 4.79 Å². The number of halogens is 1. The molecule has 5 heteroatoms. The summed E-state index contributed by atoms with van der Waals surface area (Å²) in [5.74, 6) is -0.312. The Morgan fingerprint density at radius 2 is 2.12 bits per heavy atom. The molecule has 0 aliphatic heterocycles. The highest BCUT2D eigenvalue weighted by molar-refractivity contribution is 9.10. The Kier molecular flexibility index (Phi) is 3.91. The Hall–Kier alpha value is -1.20. The van der Waals surface area contributed by atoms with Gasteiger partial charge in [-0.25, -0.2) is 9.78 Å². The molecule has 3 nitrogen and oxygen atoms in total. The lowest BCUT2D eigenvalue weighted by Gasteiger charge is -2.02. The Morgan fingerprint density at radius 1 is 1.41 bits per heavy atom. The first-order chi connectivity index (χ1) is 8.22. The first-order valence-corrected chi connectivity index (χ1v) is 6.76. The summed E-state index contributed by atoms with van der Waals surface area (Å²) in [6.45, 7) is 2.16. The summed E-state index contributed by atoms with van der Waals surface area (Å²) in [6, 6.07) is 7.68. The fourth-order valence-corrected chi connectivity index (χ4v) is 2.37. The molecule has 0 saturated carbocycles. The molecule has 2 aromatic rings. The van der Waals surface area contributed by atoms with Crippen LogP contribution in [0.4, 0.5) is 0 Å². The topological polar surface area (TPSA) is 39.2 Å². The number of hydrogen-bond acceptors (Lipinski definition) is 4. The molecule has 0 unspecified atom stereocenters. The van der Waals surface area contributed by atoms with Gasteiger partial charge < -0.3 is 4.74 Å². The van der Waals surface area contributed by atoms with Gasteiger partial charge in [0.15, 0.2) is 0 Å². The normalized spacial score (nSPS) is 10.2. The zero-order chi connectivity index (χ0) is 12.3. The summed E-state index contributed by atoms with van der Waals surface area (Å²) in [7, 11) is 0. The van der Waals surface area contributed by atoms with E-state index in [2.05, 4.69) is 20.9 Å². The smallest absolute Gasteiger partial charge is 0.350 e. The molecular formula is C12H10BrNO2S. The summed E-state index contributed by atoms with van der Waals surface area (Å²) in [6.07, 6.45) is 0. The number of esters is 1. The van der Waals surface area contributed by atoms with Gasteiger partial charge in [-0.1, -0.05) is 28.1 Å². The highest BCUT2D eigenvalue weighted by Crippen LogP contribution is 2.27. The lowest BCUT2D eigenvalue weighted by Crippen LogP contribution is -2.03. The number of carbonyl (C=O) groups excluding carboxylic acids is 1. The molecule has 0 bridgehead atoms. The van der Waals surface area contributed by atoms with Gasteiger partial charge in [0, 0.05) is 10.0 Å². The SMILES string of the molecule is CCOC(=O)c1scnc1-c1ccc(Br)cc1. The van der Waals surface area contributed by atoms with Crippen LogP contribution in [0.25, 0.3) is 11.3 Å². The molecule has 0 radical (unpaired) electrons. The molecule has 0 aliphatic carbocycles. The Labute approximate surface area is 112 Å². The maximum absolute atomic E-state index is 11.7. The highest BCUT2D eigenvalue weighted by Gasteiger charge is 2.16. The van der Waals surface area contributed by atoms with Gasteiger partial charge in [0.25, 0.3) is 0 Å². The summed E-state index contributed by atoms with van der Waals surface area (Å²) in [4.78, 5) is 16.5. The minimum Gasteiger partial charge on any atom is -0.462 e. The van der Waals surface area contributed by atoms with E-state index in [0.29, 0.717) is 17.2 Å². The quantitative estimate of drug-likeness (QED) is 0.810. The van der Waals surface area contributed by atoms with Crippen molar-refractivity contribution in [2.24, 2.45) is 0 Å². The van der Waals surface area contributed by atoms with E-state index >= 15 is 0 Å². The van der Waals surface area contributed by atoms with E-state index in [1.807, 2.05) is 24.3 Å². The summed E-state index contributed by atoms with van der Waals surface area (Å²) in [5, 5.41) is 0. The lowest BCUT2D eigenvalue weighted by atomic mass is 10.1. The van der Waals surface area contributed by atoms with Crippen LogP contribution >= 0.6 is 27.3 Å². The average Bonchev–Trinajstić information content (AvgIpc) is 2.79. The largest absolute Gasteiger partial charge is 0.462 e. The van der Waals surface area contributed by atoms with E-state index in [1.165, 1.54) is 11.3 Å².